The Balaban J connectivity index is 1.22. The molecule has 1 fully saturated rings. The van der Waals surface area contributed by atoms with Crippen molar-refractivity contribution in [1.29, 1.82) is 0 Å². The van der Waals surface area contributed by atoms with Crippen molar-refractivity contribution < 1.29 is 9.53 Å². The molecule has 0 bridgehead atoms. The zero-order chi connectivity index (χ0) is 25.1. The van der Waals surface area contributed by atoms with E-state index in [1.807, 2.05) is 50.7 Å². The molecule has 8 heteroatoms. The number of imidazole rings is 1. The summed E-state index contributed by atoms with van der Waals surface area (Å²) in [5.41, 5.74) is 3.46. The second-order valence-electron chi connectivity index (χ2n) is 9.88. The molecule has 0 atom stereocenters. The molecule has 1 aliphatic heterocycles. The third-order valence-electron chi connectivity index (χ3n) is 5.96. The van der Waals surface area contributed by atoms with E-state index in [0.717, 1.165) is 28.5 Å². The predicted octanol–water partition coefficient (Wildman–Crippen LogP) is 5.97. The summed E-state index contributed by atoms with van der Waals surface area (Å²) in [5, 5.41) is 0. The molecule has 0 spiro atoms. The van der Waals surface area contributed by atoms with Crippen molar-refractivity contribution in [2.45, 2.75) is 37.0 Å². The summed E-state index contributed by atoms with van der Waals surface area (Å²) >= 11 is 1.82. The predicted molar refractivity (Wildman–Crippen MR) is 145 cm³/mol. The van der Waals surface area contributed by atoms with E-state index in [4.69, 9.17) is 14.7 Å². The van der Waals surface area contributed by atoms with E-state index in [1.54, 1.807) is 4.90 Å². The van der Waals surface area contributed by atoms with Crippen LogP contribution in [0.15, 0.2) is 71.6 Å². The van der Waals surface area contributed by atoms with Gasteiger partial charge in [0.25, 0.3) is 0 Å². The third-order valence-corrected chi connectivity index (χ3v) is 7.05. The number of nitrogens with one attached hydrogen (secondary N) is 1. The maximum Gasteiger partial charge on any atom is 0.410 e. The number of H-pyrrole nitrogens is 1. The topological polar surface area (TPSA) is 74.3 Å². The number of hydrogen-bond donors (Lipinski definition) is 1. The highest BCUT2D eigenvalue weighted by atomic mass is 32.2. The lowest BCUT2D eigenvalue weighted by atomic mass is 10.2. The number of hydrogen-bond acceptors (Lipinski definition) is 6. The van der Waals surface area contributed by atoms with Crippen molar-refractivity contribution in [3.8, 4) is 11.4 Å². The molecule has 1 N–H and O–H groups in total. The van der Waals surface area contributed by atoms with Crippen molar-refractivity contribution >= 4 is 34.8 Å². The Labute approximate surface area is 215 Å². The summed E-state index contributed by atoms with van der Waals surface area (Å²) < 4.78 is 5.50. The first-order valence-electron chi connectivity index (χ1n) is 12.2. The van der Waals surface area contributed by atoms with Crippen LogP contribution in [0.3, 0.4) is 0 Å². The number of carbonyl (C=O) groups is 1. The van der Waals surface area contributed by atoms with Gasteiger partial charge in [0.05, 0.1) is 5.52 Å². The second kappa shape index (κ2) is 10.2. The summed E-state index contributed by atoms with van der Waals surface area (Å²) in [6.45, 7) is 8.28. The lowest BCUT2D eigenvalue weighted by Gasteiger charge is -2.36. The maximum absolute atomic E-state index is 12.3. The van der Waals surface area contributed by atoms with Gasteiger partial charge in [0, 0.05) is 42.4 Å². The number of rotatable bonds is 5. The largest absolute Gasteiger partial charge is 0.444 e. The lowest BCUT2D eigenvalue weighted by Crippen LogP contribution is -2.50. The van der Waals surface area contributed by atoms with Crippen LogP contribution in [0.4, 0.5) is 10.6 Å². The molecule has 1 aliphatic rings. The van der Waals surface area contributed by atoms with Crippen molar-refractivity contribution in [1.82, 2.24) is 19.9 Å². The lowest BCUT2D eigenvalue weighted by molar-refractivity contribution is 0.0240. The van der Waals surface area contributed by atoms with Crippen molar-refractivity contribution in [2.24, 2.45) is 0 Å². The number of ether oxygens (including phenoxy) is 1. The molecule has 3 heterocycles. The molecular weight excluding hydrogens is 470 g/mol. The van der Waals surface area contributed by atoms with Gasteiger partial charge in [-0.15, -0.1) is 11.8 Å². The highest BCUT2D eigenvalue weighted by Crippen LogP contribution is 2.27. The van der Waals surface area contributed by atoms with Gasteiger partial charge in [-0.1, -0.05) is 42.5 Å². The number of pyridine rings is 1. The van der Waals surface area contributed by atoms with Crippen LogP contribution in [0.5, 0.6) is 0 Å². The Morgan fingerprint density at radius 3 is 2.36 bits per heavy atom. The minimum atomic E-state index is -0.486. The maximum atomic E-state index is 12.3. The number of carbonyl (C=O) groups excluding carboxylic acids is 1. The summed E-state index contributed by atoms with van der Waals surface area (Å²) in [4.78, 5) is 30.5. The quantitative estimate of drug-likeness (QED) is 0.340. The molecule has 4 aromatic rings. The zero-order valence-electron chi connectivity index (χ0n) is 20.9. The molecule has 0 radical (unpaired) electrons. The van der Waals surface area contributed by atoms with E-state index >= 15 is 0 Å². The van der Waals surface area contributed by atoms with Crippen LogP contribution >= 0.6 is 11.8 Å². The second-order valence-corrected chi connectivity index (χ2v) is 10.9. The first kappa shape index (κ1) is 24.2. The normalized spacial score (nSPS) is 14.3. The highest BCUT2D eigenvalue weighted by Gasteiger charge is 2.26. The Hall–Kier alpha value is -3.52. The standard InChI is InChI=1S/C28H31N5O2S/c1-28(2,3)35-27(34)33-17-15-32(16-18-33)24-14-13-23-26(30-24)31-25(29-23)21-9-11-22(12-10-21)36-19-20-7-5-4-6-8-20/h4-14H,15-19H2,1-3H3,(H,29,30,31). The summed E-state index contributed by atoms with van der Waals surface area (Å²) in [7, 11) is 0. The molecular formula is C28H31N5O2S. The van der Waals surface area contributed by atoms with Crippen LogP contribution in [0.1, 0.15) is 26.3 Å². The van der Waals surface area contributed by atoms with E-state index in [-0.39, 0.29) is 6.09 Å². The van der Waals surface area contributed by atoms with Crippen LogP contribution in [0, 0.1) is 0 Å². The van der Waals surface area contributed by atoms with Gasteiger partial charge in [-0.2, -0.15) is 0 Å². The van der Waals surface area contributed by atoms with Gasteiger partial charge in [0.15, 0.2) is 5.65 Å². The third kappa shape index (κ3) is 5.82. The monoisotopic (exact) mass is 501 g/mol. The Bertz CT molecular complexity index is 1320. The molecule has 0 aliphatic carbocycles. The molecule has 5 rings (SSSR count). The minimum absolute atomic E-state index is 0.257. The molecule has 1 saturated heterocycles. The van der Waals surface area contributed by atoms with Gasteiger partial charge < -0.3 is 19.5 Å². The molecule has 1 amide bonds. The minimum Gasteiger partial charge on any atom is -0.444 e. The summed E-state index contributed by atoms with van der Waals surface area (Å²) in [6.07, 6.45) is -0.257. The van der Waals surface area contributed by atoms with Gasteiger partial charge in [-0.05, 0) is 50.6 Å². The first-order chi connectivity index (χ1) is 17.3. The smallest absolute Gasteiger partial charge is 0.410 e. The van der Waals surface area contributed by atoms with E-state index in [9.17, 15) is 4.79 Å². The average molecular weight is 502 g/mol. The number of fused-ring (bicyclic) bond motifs is 1. The van der Waals surface area contributed by atoms with Crippen LogP contribution in [-0.2, 0) is 10.5 Å². The molecule has 7 nitrogen and oxygen atoms in total. The fourth-order valence-corrected chi connectivity index (χ4v) is 4.94. The van der Waals surface area contributed by atoms with Crippen LogP contribution in [0.25, 0.3) is 22.6 Å². The van der Waals surface area contributed by atoms with Crippen molar-refractivity contribution in [2.75, 3.05) is 31.1 Å². The number of amides is 1. The number of aromatic nitrogens is 3. The van der Waals surface area contributed by atoms with E-state index in [0.29, 0.717) is 31.8 Å². The number of nitrogens with zero attached hydrogens (tertiary/aromatic N) is 4. The van der Waals surface area contributed by atoms with Crippen LogP contribution in [-0.4, -0.2) is 57.7 Å². The number of benzene rings is 2. The van der Waals surface area contributed by atoms with E-state index in [1.165, 1.54) is 10.5 Å². The SMILES string of the molecule is CC(C)(C)OC(=O)N1CCN(c2ccc3[nH]c(-c4ccc(SCc5ccccc5)cc4)nc3n2)CC1. The highest BCUT2D eigenvalue weighted by molar-refractivity contribution is 7.98. The van der Waals surface area contributed by atoms with Gasteiger partial charge in [0.2, 0.25) is 0 Å². The Morgan fingerprint density at radius 1 is 0.944 bits per heavy atom. The van der Waals surface area contributed by atoms with Gasteiger partial charge in [-0.25, -0.2) is 14.8 Å². The molecule has 36 heavy (non-hydrogen) atoms. The van der Waals surface area contributed by atoms with E-state index in [2.05, 4.69) is 58.4 Å². The van der Waals surface area contributed by atoms with E-state index < -0.39 is 5.60 Å². The fraction of sp³-hybridized carbons (Fsp3) is 0.321. The Morgan fingerprint density at radius 2 is 1.67 bits per heavy atom. The first-order valence-corrected chi connectivity index (χ1v) is 13.2. The zero-order valence-corrected chi connectivity index (χ0v) is 21.7. The van der Waals surface area contributed by atoms with Crippen LogP contribution in [0.2, 0.25) is 0 Å². The average Bonchev–Trinajstić information content (AvgIpc) is 3.31. The molecule has 0 saturated carbocycles. The van der Waals surface area contributed by atoms with Gasteiger partial charge in [0.1, 0.15) is 17.2 Å². The molecule has 2 aromatic carbocycles. The number of piperazine rings is 1. The molecule has 186 valence electrons. The molecule has 2 aromatic heterocycles. The van der Waals surface area contributed by atoms with Crippen molar-refractivity contribution in [3.63, 3.8) is 0 Å². The van der Waals surface area contributed by atoms with Gasteiger partial charge >= 0.3 is 6.09 Å². The van der Waals surface area contributed by atoms with Gasteiger partial charge in [-0.3, -0.25) is 0 Å². The summed E-state index contributed by atoms with van der Waals surface area (Å²) in [6, 6.07) is 23.0. The fourth-order valence-electron chi connectivity index (χ4n) is 4.09. The van der Waals surface area contributed by atoms with Crippen LogP contribution < -0.4 is 4.90 Å². The summed E-state index contributed by atoms with van der Waals surface area (Å²) in [5.74, 6) is 2.63. The molecule has 0 unspecified atom stereocenters. The number of anilines is 1. The number of thioether (sulfide) groups is 1. The van der Waals surface area contributed by atoms with Crippen molar-refractivity contribution in [3.05, 3.63) is 72.3 Å². The Kier molecular flexibility index (Phi) is 6.87. The number of aromatic amines is 1.